The van der Waals surface area contributed by atoms with Crippen LogP contribution >= 0.6 is 11.8 Å². The molecular weight excluding hydrogens is 290 g/mol. The second kappa shape index (κ2) is 4.92. The number of carbonyl (C=O) groups excluding carboxylic acids is 1. The van der Waals surface area contributed by atoms with E-state index in [0.29, 0.717) is 22.4 Å². The van der Waals surface area contributed by atoms with E-state index in [0.717, 1.165) is 5.56 Å². The second-order valence-corrected chi connectivity index (χ2v) is 5.52. The minimum Gasteiger partial charge on any atom is -0.366 e. The minimum absolute atomic E-state index is 0.416. The van der Waals surface area contributed by atoms with Gasteiger partial charge in [-0.15, -0.1) is 5.10 Å². The number of carbonyl (C=O) groups is 1. The van der Waals surface area contributed by atoms with E-state index in [1.807, 2.05) is 19.5 Å². The number of allylic oxidation sites excluding steroid dienone is 1. The van der Waals surface area contributed by atoms with Crippen LogP contribution in [0.1, 0.15) is 18.5 Å². The van der Waals surface area contributed by atoms with Crippen LogP contribution in [0.4, 0.5) is 5.95 Å². The van der Waals surface area contributed by atoms with Crippen LogP contribution in [0, 0.1) is 0 Å². The Morgan fingerprint density at radius 1 is 1.52 bits per heavy atom. The molecule has 0 saturated carbocycles. The number of primary amides is 1. The third-order valence-electron chi connectivity index (χ3n) is 3.32. The number of hydrogen-bond acceptors (Lipinski definition) is 6. The molecule has 3 heterocycles. The highest BCUT2D eigenvalue weighted by Crippen LogP contribution is 2.35. The summed E-state index contributed by atoms with van der Waals surface area (Å²) >= 11 is 1.44. The van der Waals surface area contributed by atoms with Gasteiger partial charge in [-0.1, -0.05) is 11.8 Å². The summed E-state index contributed by atoms with van der Waals surface area (Å²) in [4.78, 5) is 16.3. The van der Waals surface area contributed by atoms with E-state index < -0.39 is 11.9 Å². The molecule has 0 unspecified atom stereocenters. The normalized spacial score (nSPS) is 17.6. The summed E-state index contributed by atoms with van der Waals surface area (Å²) in [6, 6.07) is -0.416. The molecule has 1 aliphatic heterocycles. The molecule has 0 bridgehead atoms. The van der Waals surface area contributed by atoms with Crippen molar-refractivity contribution in [3.05, 3.63) is 29.2 Å². The maximum absolute atomic E-state index is 11.9. The van der Waals surface area contributed by atoms with Crippen LogP contribution < -0.4 is 11.1 Å². The molecule has 3 N–H and O–H groups in total. The number of aromatic nitrogens is 5. The van der Waals surface area contributed by atoms with Gasteiger partial charge in [0.05, 0.1) is 11.8 Å². The molecule has 2 aromatic heterocycles. The minimum atomic E-state index is -0.485. The van der Waals surface area contributed by atoms with E-state index >= 15 is 0 Å². The molecule has 21 heavy (non-hydrogen) atoms. The zero-order valence-electron chi connectivity index (χ0n) is 11.9. The molecule has 0 saturated heterocycles. The highest BCUT2D eigenvalue weighted by atomic mass is 32.2. The first-order valence-electron chi connectivity index (χ1n) is 6.28. The topological polar surface area (TPSA) is 104 Å². The maximum Gasteiger partial charge on any atom is 0.248 e. The van der Waals surface area contributed by atoms with Crippen LogP contribution in [-0.4, -0.2) is 36.7 Å². The van der Waals surface area contributed by atoms with E-state index in [-0.39, 0.29) is 0 Å². The van der Waals surface area contributed by atoms with Crippen molar-refractivity contribution in [3.63, 3.8) is 0 Å². The Morgan fingerprint density at radius 2 is 2.29 bits per heavy atom. The van der Waals surface area contributed by atoms with E-state index in [9.17, 15) is 4.79 Å². The Hall–Kier alpha value is -2.29. The number of nitrogens with two attached hydrogens (primary N) is 1. The lowest BCUT2D eigenvalue weighted by Gasteiger charge is -2.26. The predicted molar refractivity (Wildman–Crippen MR) is 78.7 cm³/mol. The fourth-order valence-corrected chi connectivity index (χ4v) is 2.77. The highest BCUT2D eigenvalue weighted by Gasteiger charge is 2.33. The molecule has 1 amide bonds. The molecule has 0 aromatic carbocycles. The first kappa shape index (κ1) is 13.7. The van der Waals surface area contributed by atoms with Gasteiger partial charge in [-0.05, 0) is 13.2 Å². The number of anilines is 1. The Balaban J connectivity index is 2.20. The highest BCUT2D eigenvalue weighted by molar-refractivity contribution is 7.98. The van der Waals surface area contributed by atoms with Crippen molar-refractivity contribution < 1.29 is 4.79 Å². The molecule has 0 spiro atoms. The molecule has 110 valence electrons. The van der Waals surface area contributed by atoms with Gasteiger partial charge in [0, 0.05) is 24.5 Å². The molecule has 8 nitrogen and oxygen atoms in total. The largest absolute Gasteiger partial charge is 0.366 e. The number of hydrogen-bond donors (Lipinski definition) is 2. The molecule has 1 aliphatic rings. The van der Waals surface area contributed by atoms with Gasteiger partial charge in [0.25, 0.3) is 0 Å². The summed E-state index contributed by atoms with van der Waals surface area (Å²) in [5.74, 6) is 0.108. The summed E-state index contributed by atoms with van der Waals surface area (Å²) < 4.78 is 3.35. The van der Waals surface area contributed by atoms with Crippen LogP contribution in [0.5, 0.6) is 0 Å². The fourth-order valence-electron chi connectivity index (χ4n) is 2.43. The third-order valence-corrected chi connectivity index (χ3v) is 3.86. The SMILES string of the molecule is CSc1nc2n(n1)[C@H](c1cnn(C)c1)C(C(N)=O)=C(C)N2. The van der Waals surface area contributed by atoms with Crippen molar-refractivity contribution in [3.8, 4) is 0 Å². The predicted octanol–water partition coefficient (Wildman–Crippen LogP) is 0.508. The second-order valence-electron chi connectivity index (χ2n) is 4.74. The Morgan fingerprint density at radius 3 is 2.86 bits per heavy atom. The summed E-state index contributed by atoms with van der Waals surface area (Å²) in [5, 5.41) is 12.3. The number of nitrogens with zero attached hydrogens (tertiary/aromatic N) is 5. The van der Waals surface area contributed by atoms with Gasteiger partial charge < -0.3 is 11.1 Å². The number of amides is 1. The van der Waals surface area contributed by atoms with Gasteiger partial charge >= 0.3 is 0 Å². The molecule has 0 radical (unpaired) electrons. The van der Waals surface area contributed by atoms with E-state index in [1.165, 1.54) is 11.8 Å². The van der Waals surface area contributed by atoms with E-state index in [4.69, 9.17) is 5.73 Å². The molecule has 1 atom stereocenters. The molecule has 2 aromatic rings. The standard InChI is InChI=1S/C12H15N7OS/c1-6-8(10(13)20)9(7-4-14-18(2)5-7)19-11(15-6)16-12(17-19)21-3/h4-5,9H,1-3H3,(H2,13,20)(H,15,16,17)/t9-/m1/s1. The molecule has 0 aliphatic carbocycles. The molecular formula is C12H15N7OS. The first-order valence-corrected chi connectivity index (χ1v) is 7.50. The van der Waals surface area contributed by atoms with Crippen molar-refractivity contribution >= 4 is 23.6 Å². The van der Waals surface area contributed by atoms with Gasteiger partial charge in [-0.25, -0.2) is 4.68 Å². The average molecular weight is 305 g/mol. The van der Waals surface area contributed by atoms with Gasteiger partial charge in [0.1, 0.15) is 6.04 Å². The number of thioether (sulfide) groups is 1. The zero-order valence-corrected chi connectivity index (χ0v) is 12.7. The monoisotopic (exact) mass is 305 g/mol. The van der Waals surface area contributed by atoms with Gasteiger partial charge in [0.15, 0.2) is 0 Å². The van der Waals surface area contributed by atoms with Crippen molar-refractivity contribution in [1.82, 2.24) is 24.5 Å². The quantitative estimate of drug-likeness (QED) is 0.801. The van der Waals surface area contributed by atoms with Crippen LogP contribution in [-0.2, 0) is 11.8 Å². The van der Waals surface area contributed by atoms with Gasteiger partial charge in [-0.3, -0.25) is 9.48 Å². The van der Waals surface area contributed by atoms with Crippen LogP contribution in [0.3, 0.4) is 0 Å². The zero-order chi connectivity index (χ0) is 15.1. The van der Waals surface area contributed by atoms with Crippen LogP contribution in [0.25, 0.3) is 0 Å². The number of nitrogens with one attached hydrogen (secondary N) is 1. The smallest absolute Gasteiger partial charge is 0.248 e. The summed E-state index contributed by atoms with van der Waals surface area (Å²) in [6.45, 7) is 1.81. The molecule has 0 fully saturated rings. The summed E-state index contributed by atoms with van der Waals surface area (Å²) in [7, 11) is 1.82. The third kappa shape index (κ3) is 2.19. The van der Waals surface area contributed by atoms with Crippen molar-refractivity contribution in [1.29, 1.82) is 0 Å². The maximum atomic E-state index is 11.9. The lowest BCUT2D eigenvalue weighted by Crippen LogP contribution is -2.31. The summed E-state index contributed by atoms with van der Waals surface area (Å²) in [6.07, 6.45) is 5.45. The summed E-state index contributed by atoms with van der Waals surface area (Å²) in [5.41, 5.74) is 7.55. The van der Waals surface area contributed by atoms with Crippen LogP contribution in [0.2, 0.25) is 0 Å². The Bertz CT molecular complexity index is 745. The van der Waals surface area contributed by atoms with Crippen molar-refractivity contribution in [2.45, 2.75) is 18.1 Å². The number of rotatable bonds is 3. The van der Waals surface area contributed by atoms with Crippen LogP contribution in [0.15, 0.2) is 28.8 Å². The van der Waals surface area contributed by atoms with E-state index in [1.54, 1.807) is 22.5 Å². The molecule has 9 heteroatoms. The van der Waals surface area contributed by atoms with Crippen molar-refractivity contribution in [2.75, 3.05) is 11.6 Å². The molecule has 3 rings (SSSR count). The van der Waals surface area contributed by atoms with E-state index in [2.05, 4.69) is 20.5 Å². The number of aryl methyl sites for hydroxylation is 1. The lowest BCUT2D eigenvalue weighted by molar-refractivity contribution is -0.115. The lowest BCUT2D eigenvalue weighted by atomic mass is 9.98. The first-order chi connectivity index (χ1) is 10.0. The Kier molecular flexibility index (Phi) is 3.20. The number of fused-ring (bicyclic) bond motifs is 1. The van der Waals surface area contributed by atoms with Gasteiger partial charge in [-0.2, -0.15) is 10.1 Å². The van der Waals surface area contributed by atoms with Gasteiger partial charge in [0.2, 0.25) is 17.0 Å². The Labute approximate surface area is 125 Å². The fraction of sp³-hybridized carbons (Fsp3) is 0.333. The van der Waals surface area contributed by atoms with Crippen molar-refractivity contribution in [2.24, 2.45) is 12.8 Å². The average Bonchev–Trinajstić information content (AvgIpc) is 3.02.